The van der Waals surface area contributed by atoms with Gasteiger partial charge in [0.15, 0.2) is 13.4 Å². The van der Waals surface area contributed by atoms with E-state index in [0.717, 1.165) is 6.67 Å². The minimum atomic E-state index is -1.33. The summed E-state index contributed by atoms with van der Waals surface area (Å²) < 4.78 is 2.49. The number of benzene rings is 1. The molecule has 2 nitrogen and oxygen atoms in total. The Kier molecular flexibility index (Phi) is 2.75. The predicted molar refractivity (Wildman–Crippen MR) is 83.5 cm³/mol. The van der Waals surface area contributed by atoms with E-state index in [1.54, 1.807) is 0 Å². The molecule has 0 radical (unpaired) electrons. The molecule has 0 bridgehead atoms. The van der Waals surface area contributed by atoms with Crippen molar-refractivity contribution in [2.75, 3.05) is 11.9 Å². The van der Waals surface area contributed by atoms with Crippen molar-refractivity contribution >= 4 is 19.1 Å². The number of anilines is 1. The maximum atomic E-state index is 2.49. The lowest BCUT2D eigenvalue weighted by Crippen LogP contribution is -2.65. The molecule has 2 aromatic rings. The quantitative estimate of drug-likeness (QED) is 0.570. The molecule has 2 heterocycles. The SMILES string of the molecule is CN1C[n+]2c(cccc2[Si](C)(C)C)-c2ccccc21. The zero-order chi connectivity index (χ0) is 13.6. The summed E-state index contributed by atoms with van der Waals surface area (Å²) in [6, 6.07) is 15.4. The van der Waals surface area contributed by atoms with E-state index in [0.29, 0.717) is 0 Å². The van der Waals surface area contributed by atoms with E-state index in [9.17, 15) is 0 Å². The third-order valence-corrected chi connectivity index (χ3v) is 5.78. The lowest BCUT2D eigenvalue weighted by molar-refractivity contribution is -0.670. The minimum Gasteiger partial charge on any atom is -0.319 e. The molecule has 0 aliphatic carbocycles. The first kappa shape index (κ1) is 12.4. The van der Waals surface area contributed by atoms with Gasteiger partial charge >= 0.3 is 0 Å². The molecule has 0 unspecified atom stereocenters. The summed E-state index contributed by atoms with van der Waals surface area (Å²) in [5.74, 6) is 0. The second-order valence-corrected chi connectivity index (χ2v) is 11.3. The fourth-order valence-corrected chi connectivity index (χ4v) is 4.49. The number of hydrogen-bond acceptors (Lipinski definition) is 1. The van der Waals surface area contributed by atoms with E-state index in [1.807, 2.05) is 0 Å². The van der Waals surface area contributed by atoms with Crippen molar-refractivity contribution in [3.63, 3.8) is 0 Å². The van der Waals surface area contributed by atoms with Crippen LogP contribution >= 0.6 is 0 Å². The van der Waals surface area contributed by atoms with E-state index in [1.165, 1.54) is 22.3 Å². The number of nitrogens with zero attached hydrogens (tertiary/aromatic N) is 2. The van der Waals surface area contributed by atoms with Gasteiger partial charge in [0.1, 0.15) is 0 Å². The first-order valence-corrected chi connectivity index (χ1v) is 10.3. The van der Waals surface area contributed by atoms with Gasteiger partial charge in [-0.05, 0) is 24.3 Å². The molecule has 0 saturated heterocycles. The maximum absolute atomic E-state index is 2.49. The summed E-state index contributed by atoms with van der Waals surface area (Å²) in [7, 11) is 0.849. The van der Waals surface area contributed by atoms with Crippen LogP contribution in [0.3, 0.4) is 0 Å². The average molecular weight is 269 g/mol. The molecule has 0 fully saturated rings. The molecule has 3 heteroatoms. The topological polar surface area (TPSA) is 7.12 Å². The predicted octanol–water partition coefficient (Wildman–Crippen LogP) is 2.59. The van der Waals surface area contributed by atoms with Crippen LogP contribution in [0.2, 0.25) is 19.6 Å². The van der Waals surface area contributed by atoms with Crippen LogP contribution in [0.4, 0.5) is 5.69 Å². The summed E-state index contributed by atoms with van der Waals surface area (Å²) in [6.07, 6.45) is 0. The van der Waals surface area contributed by atoms with Crippen LogP contribution in [0.5, 0.6) is 0 Å². The van der Waals surface area contributed by atoms with Crippen LogP contribution in [-0.2, 0) is 6.67 Å². The van der Waals surface area contributed by atoms with Crippen molar-refractivity contribution in [3.8, 4) is 11.3 Å². The number of aromatic nitrogens is 1. The number of rotatable bonds is 1. The molecule has 19 heavy (non-hydrogen) atoms. The number of hydrogen-bond donors (Lipinski definition) is 0. The summed E-state index contributed by atoms with van der Waals surface area (Å²) in [5, 5.41) is 1.52. The third kappa shape index (κ3) is 1.98. The van der Waals surface area contributed by atoms with Gasteiger partial charge in [0.05, 0.1) is 11.3 Å². The largest absolute Gasteiger partial charge is 0.319 e. The van der Waals surface area contributed by atoms with Crippen LogP contribution in [0, 0.1) is 0 Å². The van der Waals surface area contributed by atoms with Crippen LogP contribution in [0.1, 0.15) is 0 Å². The maximum Gasteiger partial charge on any atom is 0.224 e. The molecular formula is C16H21N2Si+. The van der Waals surface area contributed by atoms with Gasteiger partial charge < -0.3 is 4.90 Å². The average Bonchev–Trinajstić information content (AvgIpc) is 2.37. The molecular weight excluding hydrogens is 248 g/mol. The molecule has 1 aliphatic heterocycles. The Morgan fingerprint density at radius 3 is 2.47 bits per heavy atom. The van der Waals surface area contributed by atoms with Gasteiger partial charge in [-0.2, -0.15) is 4.57 Å². The number of para-hydroxylation sites is 1. The van der Waals surface area contributed by atoms with Crippen molar-refractivity contribution in [2.45, 2.75) is 26.3 Å². The highest BCUT2D eigenvalue weighted by atomic mass is 28.3. The molecule has 98 valence electrons. The van der Waals surface area contributed by atoms with Gasteiger partial charge in [-0.15, -0.1) is 0 Å². The Bertz CT molecular complexity index is 629. The Hall–Kier alpha value is -1.61. The first-order valence-electron chi connectivity index (χ1n) is 6.82. The normalized spacial score (nSPS) is 14.0. The highest BCUT2D eigenvalue weighted by Gasteiger charge is 2.33. The first-order chi connectivity index (χ1) is 8.98. The number of pyridine rings is 1. The van der Waals surface area contributed by atoms with Crippen LogP contribution in [0.25, 0.3) is 11.3 Å². The van der Waals surface area contributed by atoms with Crippen molar-refractivity contribution in [1.29, 1.82) is 0 Å². The Balaban J connectivity index is 2.28. The molecule has 0 saturated carbocycles. The second-order valence-electron chi connectivity index (χ2n) is 6.33. The van der Waals surface area contributed by atoms with Crippen LogP contribution < -0.4 is 14.8 Å². The molecule has 0 amide bonds. The Morgan fingerprint density at radius 1 is 1.00 bits per heavy atom. The zero-order valence-electron chi connectivity index (χ0n) is 12.1. The van der Waals surface area contributed by atoms with Crippen LogP contribution in [-0.4, -0.2) is 15.1 Å². The summed E-state index contributed by atoms with van der Waals surface area (Å²) in [4.78, 5) is 2.34. The Morgan fingerprint density at radius 2 is 1.74 bits per heavy atom. The van der Waals surface area contributed by atoms with Gasteiger partial charge in [0, 0.05) is 13.1 Å². The third-order valence-electron chi connectivity index (χ3n) is 3.80. The molecule has 3 rings (SSSR count). The molecule has 1 aromatic carbocycles. The summed E-state index contributed by atoms with van der Waals surface area (Å²) in [5.41, 5.74) is 4.03. The van der Waals surface area contributed by atoms with Gasteiger partial charge in [0.2, 0.25) is 12.4 Å². The van der Waals surface area contributed by atoms with Crippen molar-refractivity contribution in [1.82, 2.24) is 0 Å². The van der Waals surface area contributed by atoms with E-state index >= 15 is 0 Å². The molecule has 0 N–H and O–H groups in total. The van der Waals surface area contributed by atoms with E-state index in [2.05, 4.69) is 78.6 Å². The minimum absolute atomic E-state index is 0.951. The van der Waals surface area contributed by atoms with Crippen molar-refractivity contribution in [2.24, 2.45) is 0 Å². The molecule has 0 atom stereocenters. The fourth-order valence-electron chi connectivity index (χ4n) is 2.89. The zero-order valence-corrected chi connectivity index (χ0v) is 13.1. The van der Waals surface area contributed by atoms with Crippen molar-refractivity contribution in [3.05, 3.63) is 42.5 Å². The lowest BCUT2D eigenvalue weighted by Gasteiger charge is -2.27. The second kappa shape index (κ2) is 4.20. The number of fused-ring (bicyclic) bond motifs is 3. The van der Waals surface area contributed by atoms with Gasteiger partial charge in [-0.25, -0.2) is 0 Å². The van der Waals surface area contributed by atoms with E-state index in [4.69, 9.17) is 0 Å². The monoisotopic (exact) mass is 269 g/mol. The molecule has 1 aromatic heterocycles. The lowest BCUT2D eigenvalue weighted by atomic mass is 10.1. The summed E-state index contributed by atoms with van der Waals surface area (Å²) in [6.45, 7) is 8.19. The van der Waals surface area contributed by atoms with Crippen molar-refractivity contribution < 1.29 is 4.57 Å². The van der Waals surface area contributed by atoms with Gasteiger partial charge in [0.25, 0.3) is 0 Å². The van der Waals surface area contributed by atoms with Crippen LogP contribution in [0.15, 0.2) is 42.5 Å². The Labute approximate surface area is 116 Å². The highest BCUT2D eigenvalue weighted by molar-refractivity contribution is 6.87. The van der Waals surface area contributed by atoms with E-state index < -0.39 is 8.07 Å². The highest BCUT2D eigenvalue weighted by Crippen LogP contribution is 2.30. The van der Waals surface area contributed by atoms with Gasteiger partial charge in [-0.1, -0.05) is 31.8 Å². The smallest absolute Gasteiger partial charge is 0.224 e. The standard InChI is InChI=1S/C16H21N2Si/c1-17-12-18-15(13-8-5-6-9-14(13)17)10-7-11-16(18)19(2,3)4/h5-11H,12H2,1-4H3/q+1. The molecule has 0 spiro atoms. The molecule has 1 aliphatic rings. The van der Waals surface area contributed by atoms with Gasteiger partial charge in [-0.3, -0.25) is 0 Å². The fraction of sp³-hybridized carbons (Fsp3) is 0.312. The summed E-state index contributed by atoms with van der Waals surface area (Å²) >= 11 is 0. The van der Waals surface area contributed by atoms with E-state index in [-0.39, 0.29) is 0 Å².